The first-order chi connectivity index (χ1) is 15.3. The van der Waals surface area contributed by atoms with Crippen LogP contribution in [0, 0.1) is 5.92 Å². The van der Waals surface area contributed by atoms with Gasteiger partial charge in [-0.25, -0.2) is 4.79 Å². The molecule has 1 aliphatic rings. The molecule has 0 unspecified atom stereocenters. The first kappa shape index (κ1) is 24.5. The summed E-state index contributed by atoms with van der Waals surface area (Å²) < 4.78 is 7.33. The van der Waals surface area contributed by atoms with Gasteiger partial charge in [0.05, 0.1) is 0 Å². The highest BCUT2D eigenvalue weighted by atomic mass is 28.4. The standard InChI is InChI=1S/C28H38O3Si/c1-5-23(27(29)30)20-19-22-13-12-14-24(21-22)31-32(28(2,3)4,25-15-8-6-9-16-25)26-17-10-7-11-18-26/h6-11,15-18,20,22,24H,5,12-14,19,21H2,1-4H3,(H,29,30)/t22-,24-/m1/s1. The third-order valence-corrected chi connectivity index (χ3v) is 11.9. The lowest BCUT2D eigenvalue weighted by Gasteiger charge is -2.46. The van der Waals surface area contributed by atoms with E-state index in [0.29, 0.717) is 17.9 Å². The molecule has 3 nitrogen and oxygen atoms in total. The van der Waals surface area contributed by atoms with Gasteiger partial charge in [-0.1, -0.05) is 101 Å². The van der Waals surface area contributed by atoms with Gasteiger partial charge in [-0.2, -0.15) is 0 Å². The first-order valence-electron chi connectivity index (χ1n) is 12.0. The zero-order chi connectivity index (χ0) is 23.2. The Morgan fingerprint density at radius 3 is 2.06 bits per heavy atom. The number of carboxylic acids is 1. The van der Waals surface area contributed by atoms with E-state index >= 15 is 0 Å². The van der Waals surface area contributed by atoms with Gasteiger partial charge in [0, 0.05) is 11.7 Å². The lowest BCUT2D eigenvalue weighted by Crippen LogP contribution is -2.67. The summed E-state index contributed by atoms with van der Waals surface area (Å²) in [5.74, 6) is -0.309. The summed E-state index contributed by atoms with van der Waals surface area (Å²) in [5.41, 5.74) is 0.528. The van der Waals surface area contributed by atoms with Crippen LogP contribution in [-0.4, -0.2) is 25.5 Å². The van der Waals surface area contributed by atoms with Crippen molar-refractivity contribution in [2.24, 2.45) is 5.92 Å². The second-order valence-electron chi connectivity index (χ2n) is 10.1. The van der Waals surface area contributed by atoms with Crippen LogP contribution in [0.5, 0.6) is 0 Å². The molecular formula is C28H38O3Si. The molecule has 0 heterocycles. The second-order valence-corrected chi connectivity index (χ2v) is 14.3. The van der Waals surface area contributed by atoms with Gasteiger partial charge in [0.2, 0.25) is 0 Å². The lowest BCUT2D eigenvalue weighted by atomic mass is 9.84. The molecule has 3 rings (SSSR count). The van der Waals surface area contributed by atoms with E-state index < -0.39 is 14.3 Å². The van der Waals surface area contributed by atoms with Crippen molar-refractivity contribution < 1.29 is 14.3 Å². The minimum atomic E-state index is -2.55. The maximum absolute atomic E-state index is 11.4. The summed E-state index contributed by atoms with van der Waals surface area (Å²) in [6.45, 7) is 8.88. The molecule has 1 fully saturated rings. The Balaban J connectivity index is 1.93. The van der Waals surface area contributed by atoms with Crippen molar-refractivity contribution in [3.63, 3.8) is 0 Å². The topological polar surface area (TPSA) is 46.5 Å². The lowest BCUT2D eigenvalue weighted by molar-refractivity contribution is -0.132. The summed E-state index contributed by atoms with van der Waals surface area (Å²) >= 11 is 0. The van der Waals surface area contributed by atoms with E-state index in [0.717, 1.165) is 32.1 Å². The van der Waals surface area contributed by atoms with Crippen LogP contribution in [-0.2, 0) is 9.22 Å². The largest absolute Gasteiger partial charge is 0.478 e. The molecule has 32 heavy (non-hydrogen) atoms. The Morgan fingerprint density at radius 2 is 1.59 bits per heavy atom. The molecule has 2 atom stereocenters. The SMILES string of the molecule is CCC(=CC[C@H]1CCC[C@@H](O[Si](c2ccccc2)(c2ccccc2)C(C)(C)C)C1)C(=O)O. The number of carbonyl (C=O) groups is 1. The van der Waals surface area contributed by atoms with Crippen molar-refractivity contribution in [2.75, 3.05) is 0 Å². The monoisotopic (exact) mass is 450 g/mol. The minimum absolute atomic E-state index is 0.0265. The van der Waals surface area contributed by atoms with E-state index in [-0.39, 0.29) is 11.1 Å². The molecule has 2 aromatic carbocycles. The number of carboxylic acid groups (broad SMARTS) is 1. The quantitative estimate of drug-likeness (QED) is 0.400. The number of hydrogen-bond donors (Lipinski definition) is 1. The van der Waals surface area contributed by atoms with Crippen molar-refractivity contribution in [3.05, 3.63) is 72.3 Å². The summed E-state index contributed by atoms with van der Waals surface area (Å²) in [7, 11) is -2.55. The van der Waals surface area contributed by atoms with Crippen LogP contribution < -0.4 is 10.4 Å². The maximum atomic E-state index is 11.4. The molecule has 1 saturated carbocycles. The van der Waals surface area contributed by atoms with Gasteiger partial charge in [-0.05, 0) is 53.4 Å². The number of benzene rings is 2. The molecule has 1 N–H and O–H groups in total. The third-order valence-electron chi connectivity index (χ3n) is 6.85. The van der Waals surface area contributed by atoms with E-state index in [2.05, 4.69) is 81.4 Å². The van der Waals surface area contributed by atoms with Gasteiger partial charge in [-0.3, -0.25) is 0 Å². The summed E-state index contributed by atoms with van der Waals surface area (Å²) in [6, 6.07) is 21.6. The minimum Gasteiger partial charge on any atom is -0.478 e. The fraction of sp³-hybridized carbons (Fsp3) is 0.464. The van der Waals surface area contributed by atoms with Gasteiger partial charge < -0.3 is 9.53 Å². The van der Waals surface area contributed by atoms with Crippen LogP contribution >= 0.6 is 0 Å². The maximum Gasteiger partial charge on any atom is 0.331 e. The zero-order valence-corrected chi connectivity index (χ0v) is 21.0. The Kier molecular flexibility index (Phi) is 8.13. The van der Waals surface area contributed by atoms with Crippen molar-refractivity contribution in [1.29, 1.82) is 0 Å². The third kappa shape index (κ3) is 5.41. The summed E-state index contributed by atoms with van der Waals surface area (Å²) in [6.07, 6.45) is 7.90. The van der Waals surface area contributed by atoms with Gasteiger partial charge in [0.25, 0.3) is 8.32 Å². The van der Waals surface area contributed by atoms with E-state index in [1.165, 1.54) is 10.4 Å². The van der Waals surface area contributed by atoms with E-state index in [9.17, 15) is 9.90 Å². The van der Waals surface area contributed by atoms with Gasteiger partial charge in [0.1, 0.15) is 0 Å². The number of allylic oxidation sites excluding steroid dienone is 1. The van der Waals surface area contributed by atoms with Crippen molar-refractivity contribution in [2.45, 2.75) is 77.4 Å². The molecule has 1 aliphatic carbocycles. The zero-order valence-electron chi connectivity index (χ0n) is 20.0. The Bertz CT molecular complexity index is 860. The molecule has 0 spiro atoms. The average molecular weight is 451 g/mol. The average Bonchev–Trinajstić information content (AvgIpc) is 2.78. The molecule has 0 aromatic heterocycles. The smallest absolute Gasteiger partial charge is 0.331 e. The van der Waals surface area contributed by atoms with Gasteiger partial charge >= 0.3 is 5.97 Å². The number of rotatable bonds is 8. The number of aliphatic carboxylic acids is 1. The van der Waals surface area contributed by atoms with Crippen LogP contribution in [0.25, 0.3) is 0 Å². The molecule has 0 amide bonds. The summed E-state index contributed by atoms with van der Waals surface area (Å²) in [4.78, 5) is 11.4. The highest BCUT2D eigenvalue weighted by molar-refractivity contribution is 6.99. The molecule has 172 valence electrons. The molecule has 0 radical (unpaired) electrons. The highest BCUT2D eigenvalue weighted by Crippen LogP contribution is 2.40. The molecule has 4 heteroatoms. The van der Waals surface area contributed by atoms with Gasteiger partial charge in [-0.15, -0.1) is 0 Å². The van der Waals surface area contributed by atoms with Crippen LogP contribution in [0.4, 0.5) is 0 Å². The van der Waals surface area contributed by atoms with Crippen LogP contribution in [0.3, 0.4) is 0 Å². The van der Waals surface area contributed by atoms with Gasteiger partial charge in [0.15, 0.2) is 0 Å². The predicted molar refractivity (Wildman–Crippen MR) is 135 cm³/mol. The van der Waals surface area contributed by atoms with E-state index in [1.807, 2.05) is 13.0 Å². The Morgan fingerprint density at radius 1 is 1.03 bits per heavy atom. The second kappa shape index (κ2) is 10.6. The predicted octanol–water partition coefficient (Wildman–Crippen LogP) is 5.93. The molecule has 0 saturated heterocycles. The number of hydrogen-bond acceptors (Lipinski definition) is 2. The van der Waals surface area contributed by atoms with Crippen molar-refractivity contribution >= 4 is 24.7 Å². The van der Waals surface area contributed by atoms with Crippen LogP contribution in [0.1, 0.15) is 66.2 Å². The fourth-order valence-corrected chi connectivity index (χ4v) is 9.92. The Labute approximate surface area is 194 Å². The molecular weight excluding hydrogens is 412 g/mol. The Hall–Kier alpha value is -2.17. The van der Waals surface area contributed by atoms with Crippen molar-refractivity contribution in [3.8, 4) is 0 Å². The molecule has 2 aromatic rings. The van der Waals surface area contributed by atoms with Crippen molar-refractivity contribution in [1.82, 2.24) is 0 Å². The van der Waals surface area contributed by atoms with E-state index in [4.69, 9.17) is 4.43 Å². The highest BCUT2D eigenvalue weighted by Gasteiger charge is 2.51. The molecule has 0 bridgehead atoms. The fourth-order valence-electron chi connectivity index (χ4n) is 5.20. The van der Waals surface area contributed by atoms with Crippen LogP contribution in [0.15, 0.2) is 72.3 Å². The van der Waals surface area contributed by atoms with Crippen LogP contribution in [0.2, 0.25) is 5.04 Å². The van der Waals surface area contributed by atoms with E-state index in [1.54, 1.807) is 0 Å². The molecule has 0 aliphatic heterocycles. The summed E-state index contributed by atoms with van der Waals surface area (Å²) in [5, 5.41) is 12.0. The first-order valence-corrected chi connectivity index (χ1v) is 13.9. The normalized spacial score (nSPS) is 20.2.